The highest BCUT2D eigenvalue weighted by atomic mass is 32.2. The lowest BCUT2D eigenvalue weighted by atomic mass is 10.1. The number of aryl methyl sites for hydroxylation is 2. The summed E-state index contributed by atoms with van der Waals surface area (Å²) in [5, 5.41) is 12.1. The minimum absolute atomic E-state index is 0.327. The molecule has 2 N–H and O–H groups in total. The van der Waals surface area contributed by atoms with E-state index in [9.17, 15) is 14.7 Å². The molecule has 0 radical (unpaired) electrons. The number of hydrogen-bond acceptors (Lipinski definition) is 3. The minimum atomic E-state index is -0.946. The summed E-state index contributed by atoms with van der Waals surface area (Å²) in [5.74, 6) is 0.265. The molecule has 0 spiro atoms. The van der Waals surface area contributed by atoms with Crippen LogP contribution in [-0.4, -0.2) is 46.1 Å². The third-order valence-electron chi connectivity index (χ3n) is 3.65. The Bertz CT molecular complexity index is 548. The number of carboxylic acids is 1. The van der Waals surface area contributed by atoms with Gasteiger partial charge in [-0.05, 0) is 24.5 Å². The van der Waals surface area contributed by atoms with Crippen LogP contribution in [0.4, 0.5) is 10.5 Å². The van der Waals surface area contributed by atoms with Crippen molar-refractivity contribution in [2.24, 2.45) is 0 Å². The van der Waals surface area contributed by atoms with Gasteiger partial charge in [0.05, 0.1) is 0 Å². The summed E-state index contributed by atoms with van der Waals surface area (Å²) in [6.45, 7) is 4.43. The van der Waals surface area contributed by atoms with E-state index in [1.165, 1.54) is 4.90 Å². The predicted molar refractivity (Wildman–Crippen MR) is 85.0 cm³/mol. The maximum Gasteiger partial charge on any atom is 0.327 e. The first-order valence-corrected chi connectivity index (χ1v) is 8.16. The van der Waals surface area contributed by atoms with Gasteiger partial charge in [-0.2, -0.15) is 11.8 Å². The van der Waals surface area contributed by atoms with E-state index >= 15 is 0 Å². The number of nitrogens with zero attached hydrogens (tertiary/aromatic N) is 1. The van der Waals surface area contributed by atoms with Crippen LogP contribution in [0.1, 0.15) is 18.1 Å². The zero-order chi connectivity index (χ0) is 15.4. The van der Waals surface area contributed by atoms with Crippen molar-refractivity contribution < 1.29 is 14.7 Å². The molecule has 1 aromatic rings. The first kappa shape index (κ1) is 15.7. The second-order valence-electron chi connectivity index (χ2n) is 5.02. The van der Waals surface area contributed by atoms with E-state index < -0.39 is 12.0 Å². The van der Waals surface area contributed by atoms with E-state index in [2.05, 4.69) is 5.32 Å². The van der Waals surface area contributed by atoms with E-state index in [0.717, 1.165) is 29.0 Å². The van der Waals surface area contributed by atoms with E-state index in [-0.39, 0.29) is 6.03 Å². The van der Waals surface area contributed by atoms with E-state index in [1.807, 2.05) is 32.0 Å². The summed E-state index contributed by atoms with van der Waals surface area (Å²) in [4.78, 5) is 25.1. The summed E-state index contributed by atoms with van der Waals surface area (Å²) < 4.78 is 0. The molecule has 114 valence electrons. The molecule has 21 heavy (non-hydrogen) atoms. The number of aliphatic carboxylic acids is 1. The summed E-state index contributed by atoms with van der Waals surface area (Å²) in [5.41, 5.74) is 2.84. The Morgan fingerprint density at radius 2 is 2.24 bits per heavy atom. The smallest absolute Gasteiger partial charge is 0.327 e. The fourth-order valence-electron chi connectivity index (χ4n) is 2.43. The van der Waals surface area contributed by atoms with Gasteiger partial charge in [0, 0.05) is 23.7 Å². The van der Waals surface area contributed by atoms with Crippen LogP contribution in [-0.2, 0) is 11.2 Å². The fraction of sp³-hybridized carbons (Fsp3) is 0.467. The van der Waals surface area contributed by atoms with Gasteiger partial charge in [0.15, 0.2) is 0 Å². The maximum absolute atomic E-state index is 12.4. The van der Waals surface area contributed by atoms with Gasteiger partial charge in [0.25, 0.3) is 0 Å². The molecule has 2 rings (SSSR count). The number of thioether (sulfide) groups is 1. The van der Waals surface area contributed by atoms with E-state index in [1.54, 1.807) is 11.8 Å². The minimum Gasteiger partial charge on any atom is -0.480 e. The van der Waals surface area contributed by atoms with E-state index in [4.69, 9.17) is 0 Å². The lowest BCUT2D eigenvalue weighted by molar-refractivity contribution is -0.141. The summed E-state index contributed by atoms with van der Waals surface area (Å²) in [6.07, 6.45) is 0.815. The van der Waals surface area contributed by atoms with Gasteiger partial charge in [0.1, 0.15) is 6.04 Å². The number of anilines is 1. The topological polar surface area (TPSA) is 69.6 Å². The van der Waals surface area contributed by atoms with Crippen LogP contribution >= 0.6 is 11.8 Å². The standard InChI is InChI=1S/C15H20N2O3S/c1-3-11-6-4-5-10(2)13(11)16-15(20)17-7-8-21-9-12(17)14(18)19/h4-6,12H,3,7-9H2,1-2H3,(H,16,20)(H,18,19). The highest BCUT2D eigenvalue weighted by Gasteiger charge is 2.32. The number of nitrogens with one attached hydrogen (secondary N) is 1. The number of amides is 2. The van der Waals surface area contributed by atoms with Crippen LogP contribution in [0.3, 0.4) is 0 Å². The monoisotopic (exact) mass is 308 g/mol. The Hall–Kier alpha value is -1.69. The van der Waals surface area contributed by atoms with Gasteiger partial charge in [-0.25, -0.2) is 9.59 Å². The Labute approximate surface area is 128 Å². The molecule has 0 aliphatic carbocycles. The molecule has 1 aliphatic rings. The van der Waals surface area contributed by atoms with Crippen molar-refractivity contribution in [3.05, 3.63) is 29.3 Å². The number of carboxylic acid groups (broad SMARTS) is 1. The largest absolute Gasteiger partial charge is 0.480 e. The van der Waals surface area contributed by atoms with Gasteiger partial charge in [-0.1, -0.05) is 25.1 Å². The zero-order valence-electron chi connectivity index (χ0n) is 12.3. The third kappa shape index (κ3) is 3.50. The first-order chi connectivity index (χ1) is 10.0. The maximum atomic E-state index is 12.4. The third-order valence-corrected chi connectivity index (χ3v) is 4.67. The number of para-hydroxylation sites is 1. The summed E-state index contributed by atoms with van der Waals surface area (Å²) >= 11 is 1.57. The molecule has 0 aromatic heterocycles. The number of carbonyl (C=O) groups excluding carboxylic acids is 1. The quantitative estimate of drug-likeness (QED) is 0.900. The Morgan fingerprint density at radius 3 is 2.90 bits per heavy atom. The summed E-state index contributed by atoms with van der Waals surface area (Å²) in [7, 11) is 0. The Kier molecular flexibility index (Phi) is 5.12. The number of urea groups is 1. The normalized spacial score (nSPS) is 18.4. The molecule has 5 nitrogen and oxygen atoms in total. The van der Waals surface area contributed by atoms with Crippen LogP contribution in [0.5, 0.6) is 0 Å². The van der Waals surface area contributed by atoms with Crippen molar-refractivity contribution >= 4 is 29.4 Å². The second-order valence-corrected chi connectivity index (χ2v) is 6.16. The molecule has 1 unspecified atom stereocenters. The second kappa shape index (κ2) is 6.85. The van der Waals surface area contributed by atoms with Crippen molar-refractivity contribution in [1.82, 2.24) is 4.90 Å². The molecule has 1 saturated heterocycles. The van der Waals surface area contributed by atoms with Crippen LogP contribution in [0.25, 0.3) is 0 Å². The lowest BCUT2D eigenvalue weighted by Gasteiger charge is -2.33. The zero-order valence-corrected chi connectivity index (χ0v) is 13.1. The number of hydrogen-bond donors (Lipinski definition) is 2. The molecule has 0 bridgehead atoms. The summed E-state index contributed by atoms with van der Waals surface area (Å²) in [6, 6.07) is 4.80. The fourth-order valence-corrected chi connectivity index (χ4v) is 3.47. The van der Waals surface area contributed by atoms with Crippen LogP contribution in [0.2, 0.25) is 0 Å². The van der Waals surface area contributed by atoms with Crippen LogP contribution in [0, 0.1) is 6.92 Å². The van der Waals surface area contributed by atoms with Crippen LogP contribution in [0.15, 0.2) is 18.2 Å². The molecular formula is C15H20N2O3S. The average Bonchev–Trinajstić information content (AvgIpc) is 2.49. The molecule has 0 saturated carbocycles. The SMILES string of the molecule is CCc1cccc(C)c1NC(=O)N1CCSCC1C(=O)O. The number of rotatable bonds is 3. The average molecular weight is 308 g/mol. The van der Waals surface area contributed by atoms with Crippen molar-refractivity contribution in [3.63, 3.8) is 0 Å². The highest BCUT2D eigenvalue weighted by Crippen LogP contribution is 2.23. The van der Waals surface area contributed by atoms with Gasteiger partial charge in [-0.15, -0.1) is 0 Å². The number of benzene rings is 1. The lowest BCUT2D eigenvalue weighted by Crippen LogP contribution is -2.51. The Balaban J connectivity index is 2.19. The van der Waals surface area contributed by atoms with Crippen molar-refractivity contribution in [2.45, 2.75) is 26.3 Å². The molecule has 1 atom stereocenters. The van der Waals surface area contributed by atoms with Crippen molar-refractivity contribution in [1.29, 1.82) is 0 Å². The molecule has 1 aromatic carbocycles. The van der Waals surface area contributed by atoms with Gasteiger partial charge in [0.2, 0.25) is 0 Å². The number of carbonyl (C=O) groups is 2. The molecule has 6 heteroatoms. The molecule has 1 fully saturated rings. The van der Waals surface area contributed by atoms with Crippen molar-refractivity contribution in [2.75, 3.05) is 23.4 Å². The molecule has 2 amide bonds. The highest BCUT2D eigenvalue weighted by molar-refractivity contribution is 7.99. The molecular weight excluding hydrogens is 288 g/mol. The first-order valence-electron chi connectivity index (χ1n) is 7.01. The van der Waals surface area contributed by atoms with Crippen LogP contribution < -0.4 is 5.32 Å². The van der Waals surface area contributed by atoms with Gasteiger partial charge >= 0.3 is 12.0 Å². The van der Waals surface area contributed by atoms with Gasteiger partial charge < -0.3 is 15.3 Å². The van der Waals surface area contributed by atoms with Gasteiger partial charge in [-0.3, -0.25) is 0 Å². The van der Waals surface area contributed by atoms with Crippen molar-refractivity contribution in [3.8, 4) is 0 Å². The Morgan fingerprint density at radius 1 is 1.48 bits per heavy atom. The predicted octanol–water partition coefficient (Wildman–Crippen LogP) is 2.59. The molecule has 1 heterocycles. The van der Waals surface area contributed by atoms with E-state index in [0.29, 0.717) is 12.3 Å². The molecule has 1 aliphatic heterocycles.